The van der Waals surface area contributed by atoms with Gasteiger partial charge in [-0.05, 0) is 50.3 Å². The van der Waals surface area contributed by atoms with E-state index in [9.17, 15) is 9.59 Å². The van der Waals surface area contributed by atoms with E-state index in [1.165, 1.54) is 6.92 Å². The number of hydrogen-bond acceptors (Lipinski definition) is 5. The number of benzene rings is 2. The zero-order valence-electron chi connectivity index (χ0n) is 18.5. The molecule has 1 aromatic heterocycles. The minimum atomic E-state index is -0.493. The Morgan fingerprint density at radius 1 is 1.06 bits per heavy atom. The fourth-order valence-electron chi connectivity index (χ4n) is 3.64. The number of anilines is 2. The maximum atomic E-state index is 12.5. The highest BCUT2D eigenvalue weighted by Crippen LogP contribution is 2.29. The normalized spacial score (nSPS) is 11.0. The van der Waals surface area contributed by atoms with Gasteiger partial charge in [0.15, 0.2) is 0 Å². The fourth-order valence-corrected chi connectivity index (χ4v) is 3.64. The number of hydrogen-bond donors (Lipinski definition) is 2. The van der Waals surface area contributed by atoms with Crippen molar-refractivity contribution in [3.05, 3.63) is 65.2 Å². The molecule has 0 atom stereocenters. The van der Waals surface area contributed by atoms with Gasteiger partial charge < -0.3 is 20.9 Å². The van der Waals surface area contributed by atoms with Gasteiger partial charge in [0.25, 0.3) is 5.91 Å². The van der Waals surface area contributed by atoms with Crippen LogP contribution in [0.15, 0.2) is 48.5 Å². The minimum absolute atomic E-state index is 0.121. The zero-order valence-corrected chi connectivity index (χ0v) is 18.5. The topological polar surface area (TPSA) is 91.6 Å². The quantitative estimate of drug-likeness (QED) is 0.585. The smallest absolute Gasteiger partial charge is 0.252 e. The number of para-hydroxylation sites is 1. The van der Waals surface area contributed by atoms with E-state index in [-0.39, 0.29) is 5.91 Å². The summed E-state index contributed by atoms with van der Waals surface area (Å²) in [6.45, 7) is 5.35. The number of amides is 2. The minimum Gasteiger partial charge on any atom is -0.365 e. The van der Waals surface area contributed by atoms with Gasteiger partial charge in [-0.3, -0.25) is 9.59 Å². The van der Waals surface area contributed by atoms with Gasteiger partial charge in [0, 0.05) is 37.6 Å². The number of nitrogens with zero attached hydrogens (tertiary/aromatic N) is 3. The van der Waals surface area contributed by atoms with E-state index in [0.29, 0.717) is 24.5 Å². The van der Waals surface area contributed by atoms with Crippen molar-refractivity contribution in [2.75, 3.05) is 37.4 Å². The van der Waals surface area contributed by atoms with Crippen LogP contribution in [0.4, 0.5) is 11.5 Å². The third-order valence-corrected chi connectivity index (χ3v) is 5.12. The molecule has 2 aromatic carbocycles. The van der Waals surface area contributed by atoms with Crippen LogP contribution in [0.2, 0.25) is 0 Å². The summed E-state index contributed by atoms with van der Waals surface area (Å²) in [5, 5.41) is 3.73. The van der Waals surface area contributed by atoms with Gasteiger partial charge in [0.2, 0.25) is 5.91 Å². The van der Waals surface area contributed by atoms with Gasteiger partial charge in [-0.25, -0.2) is 4.98 Å². The van der Waals surface area contributed by atoms with E-state index in [4.69, 9.17) is 10.7 Å². The molecule has 0 aliphatic rings. The van der Waals surface area contributed by atoms with E-state index in [1.54, 1.807) is 0 Å². The summed E-state index contributed by atoms with van der Waals surface area (Å²) < 4.78 is 0. The van der Waals surface area contributed by atoms with Crippen LogP contribution in [0.1, 0.15) is 28.4 Å². The summed E-state index contributed by atoms with van der Waals surface area (Å²) in [5.74, 6) is -0.0347. The summed E-state index contributed by atoms with van der Waals surface area (Å²) in [6, 6.07) is 15.4. The van der Waals surface area contributed by atoms with E-state index in [2.05, 4.69) is 15.1 Å². The third kappa shape index (κ3) is 5.38. The average molecular weight is 420 g/mol. The number of aromatic nitrogens is 1. The Hall–Kier alpha value is -3.45. The number of nitrogens with two attached hydrogens (primary N) is 1. The van der Waals surface area contributed by atoms with E-state index in [1.807, 2.05) is 69.6 Å². The number of carbonyl (C=O) groups is 2. The molecule has 0 aliphatic carbocycles. The molecule has 2 amide bonds. The van der Waals surface area contributed by atoms with Crippen molar-refractivity contribution in [1.82, 2.24) is 9.88 Å². The molecule has 0 spiro atoms. The van der Waals surface area contributed by atoms with Crippen LogP contribution in [-0.4, -0.2) is 48.9 Å². The molecule has 162 valence electrons. The van der Waals surface area contributed by atoms with Crippen molar-refractivity contribution in [2.45, 2.75) is 20.4 Å². The molecular formula is C24H29N5O2. The molecule has 31 heavy (non-hydrogen) atoms. The highest BCUT2D eigenvalue weighted by atomic mass is 16.1. The summed E-state index contributed by atoms with van der Waals surface area (Å²) in [7, 11) is 4.01. The average Bonchev–Trinajstić information content (AvgIpc) is 2.70. The van der Waals surface area contributed by atoms with E-state index in [0.717, 1.165) is 34.3 Å². The monoisotopic (exact) mass is 419 g/mol. The van der Waals surface area contributed by atoms with Crippen LogP contribution in [0.5, 0.6) is 0 Å². The van der Waals surface area contributed by atoms with Crippen LogP contribution in [-0.2, 0) is 11.3 Å². The summed E-state index contributed by atoms with van der Waals surface area (Å²) in [6.07, 6.45) is 0. The van der Waals surface area contributed by atoms with Crippen molar-refractivity contribution in [3.63, 3.8) is 0 Å². The summed E-state index contributed by atoms with van der Waals surface area (Å²) in [5.41, 5.74) is 9.62. The standard InChI is InChI=1S/C24H29N5O2/c1-16-20-10-5-6-11-21(20)27-24(22(16)23(25)31)29(13-12-28(3)4)15-18-8-7-9-19(14-18)26-17(2)30/h5-11,14H,12-13,15H2,1-4H3,(H2,25,31)(H,26,30). The fraction of sp³-hybridized carbons (Fsp3) is 0.292. The second-order valence-electron chi connectivity index (χ2n) is 7.92. The second kappa shape index (κ2) is 9.57. The lowest BCUT2D eigenvalue weighted by atomic mass is 10.0. The third-order valence-electron chi connectivity index (χ3n) is 5.12. The highest BCUT2D eigenvalue weighted by Gasteiger charge is 2.22. The summed E-state index contributed by atoms with van der Waals surface area (Å²) in [4.78, 5) is 32.9. The first kappa shape index (κ1) is 22.2. The van der Waals surface area contributed by atoms with Gasteiger partial charge >= 0.3 is 0 Å². The number of nitrogens with one attached hydrogen (secondary N) is 1. The molecule has 7 heteroatoms. The molecule has 0 saturated carbocycles. The molecule has 0 aliphatic heterocycles. The molecule has 3 rings (SSSR count). The van der Waals surface area contributed by atoms with Crippen LogP contribution >= 0.6 is 0 Å². The molecule has 0 unspecified atom stereocenters. The molecule has 0 fully saturated rings. The number of primary amides is 1. The summed E-state index contributed by atoms with van der Waals surface area (Å²) >= 11 is 0. The highest BCUT2D eigenvalue weighted by molar-refractivity contribution is 6.04. The van der Waals surface area contributed by atoms with Crippen molar-refractivity contribution in [1.29, 1.82) is 0 Å². The first-order valence-corrected chi connectivity index (χ1v) is 10.2. The predicted molar refractivity (Wildman–Crippen MR) is 125 cm³/mol. The van der Waals surface area contributed by atoms with Crippen molar-refractivity contribution in [2.24, 2.45) is 5.73 Å². The maximum absolute atomic E-state index is 12.5. The number of aryl methyl sites for hydroxylation is 1. The van der Waals surface area contributed by atoms with Gasteiger partial charge in [-0.2, -0.15) is 0 Å². The van der Waals surface area contributed by atoms with Crippen LogP contribution in [0.25, 0.3) is 10.9 Å². The van der Waals surface area contributed by atoms with Gasteiger partial charge in [-0.1, -0.05) is 30.3 Å². The Labute approximate surface area is 182 Å². The number of pyridine rings is 1. The molecule has 1 heterocycles. The number of carbonyl (C=O) groups excluding carboxylic acids is 2. The van der Waals surface area contributed by atoms with Crippen molar-refractivity contribution >= 4 is 34.2 Å². The van der Waals surface area contributed by atoms with Gasteiger partial charge in [-0.15, -0.1) is 0 Å². The van der Waals surface area contributed by atoms with Gasteiger partial charge in [0.1, 0.15) is 5.82 Å². The molecule has 0 bridgehead atoms. The first-order chi connectivity index (χ1) is 14.8. The van der Waals surface area contributed by atoms with E-state index < -0.39 is 5.91 Å². The zero-order chi connectivity index (χ0) is 22.5. The van der Waals surface area contributed by atoms with Crippen molar-refractivity contribution in [3.8, 4) is 0 Å². The largest absolute Gasteiger partial charge is 0.365 e. The predicted octanol–water partition coefficient (Wildman–Crippen LogP) is 3.17. The molecule has 3 aromatic rings. The molecular weight excluding hydrogens is 390 g/mol. The molecule has 3 N–H and O–H groups in total. The lowest BCUT2D eigenvalue weighted by molar-refractivity contribution is -0.114. The Morgan fingerprint density at radius 2 is 1.81 bits per heavy atom. The molecule has 0 radical (unpaired) electrons. The molecule has 7 nitrogen and oxygen atoms in total. The van der Waals surface area contributed by atoms with Crippen LogP contribution in [0.3, 0.4) is 0 Å². The Kier molecular flexibility index (Phi) is 6.87. The lowest BCUT2D eigenvalue weighted by Gasteiger charge is -2.28. The number of fused-ring (bicyclic) bond motifs is 1. The Bertz CT molecular complexity index is 1110. The maximum Gasteiger partial charge on any atom is 0.252 e. The Morgan fingerprint density at radius 3 is 2.48 bits per heavy atom. The van der Waals surface area contributed by atoms with Crippen LogP contribution in [0, 0.1) is 6.92 Å². The first-order valence-electron chi connectivity index (χ1n) is 10.2. The second-order valence-corrected chi connectivity index (χ2v) is 7.92. The molecule has 0 saturated heterocycles. The SMILES string of the molecule is CC(=O)Nc1cccc(CN(CCN(C)C)c2nc3ccccc3c(C)c2C(N)=O)c1. The number of likely N-dealkylation sites (N-methyl/N-ethyl adjacent to an activating group) is 1. The lowest BCUT2D eigenvalue weighted by Crippen LogP contribution is -2.34. The van der Waals surface area contributed by atoms with E-state index >= 15 is 0 Å². The van der Waals surface area contributed by atoms with Crippen LogP contribution < -0.4 is 16.0 Å². The number of rotatable bonds is 8. The van der Waals surface area contributed by atoms with Crippen molar-refractivity contribution < 1.29 is 9.59 Å². The Balaban J connectivity index is 2.08. The van der Waals surface area contributed by atoms with Gasteiger partial charge in [0.05, 0.1) is 11.1 Å².